The Kier molecular flexibility index (Phi) is 5.96. The summed E-state index contributed by atoms with van der Waals surface area (Å²) < 4.78 is 51.0. The van der Waals surface area contributed by atoms with Crippen molar-refractivity contribution in [1.82, 2.24) is 4.98 Å². The fourth-order valence-corrected chi connectivity index (χ4v) is 4.45. The van der Waals surface area contributed by atoms with Crippen LogP contribution >= 0.6 is 0 Å². The Bertz CT molecular complexity index is 1300. The number of benzene rings is 3. The van der Waals surface area contributed by atoms with E-state index in [-0.39, 0.29) is 27.7 Å². The lowest BCUT2D eigenvalue weighted by atomic mass is 10.1. The van der Waals surface area contributed by atoms with Crippen LogP contribution in [0.25, 0.3) is 11.5 Å². The summed E-state index contributed by atoms with van der Waals surface area (Å²) in [5.74, 6) is 0.266. The smallest absolute Gasteiger partial charge is 0.234 e. The number of anilines is 1. The van der Waals surface area contributed by atoms with Gasteiger partial charge in [0.25, 0.3) is 0 Å². The standard InChI is InChI=1S/C24H21FN2O4S/c1-16(17-6-4-3-5-7-17)26-23-24(32(28,29)21-14-10-19(25)11-15-21)27-22(31-23)18-8-12-20(30-2)13-9-18/h3-16,26H,1-2H3. The van der Waals surface area contributed by atoms with Crippen LogP contribution in [0.5, 0.6) is 5.75 Å². The van der Waals surface area contributed by atoms with E-state index in [1.807, 2.05) is 37.3 Å². The quantitative estimate of drug-likeness (QED) is 0.373. The number of sulfone groups is 1. The van der Waals surface area contributed by atoms with E-state index in [1.165, 1.54) is 12.1 Å². The number of nitrogens with one attached hydrogen (secondary N) is 1. The largest absolute Gasteiger partial charge is 0.497 e. The van der Waals surface area contributed by atoms with Crippen molar-refractivity contribution in [3.05, 3.63) is 90.2 Å². The second-order valence-corrected chi connectivity index (χ2v) is 8.98. The Hall–Kier alpha value is -3.65. The first-order valence-electron chi connectivity index (χ1n) is 9.86. The fraction of sp³-hybridized carbons (Fsp3) is 0.125. The van der Waals surface area contributed by atoms with E-state index in [0.29, 0.717) is 11.3 Å². The van der Waals surface area contributed by atoms with Crippen LogP contribution in [0.4, 0.5) is 10.3 Å². The van der Waals surface area contributed by atoms with Crippen LogP contribution in [-0.4, -0.2) is 20.5 Å². The zero-order chi connectivity index (χ0) is 22.7. The van der Waals surface area contributed by atoms with Gasteiger partial charge in [0.05, 0.1) is 18.0 Å². The molecule has 0 aliphatic rings. The third-order valence-corrected chi connectivity index (χ3v) is 6.64. The maximum absolute atomic E-state index is 13.4. The average Bonchev–Trinajstić information content (AvgIpc) is 3.24. The molecule has 0 saturated carbocycles. The van der Waals surface area contributed by atoms with Crippen molar-refractivity contribution in [1.29, 1.82) is 0 Å². The van der Waals surface area contributed by atoms with Crippen molar-refractivity contribution in [2.75, 3.05) is 12.4 Å². The van der Waals surface area contributed by atoms with Gasteiger partial charge < -0.3 is 14.5 Å². The minimum atomic E-state index is -4.07. The maximum Gasteiger partial charge on any atom is 0.234 e. The van der Waals surface area contributed by atoms with Crippen molar-refractivity contribution >= 4 is 15.7 Å². The van der Waals surface area contributed by atoms with E-state index in [0.717, 1.165) is 17.7 Å². The normalized spacial score (nSPS) is 12.3. The monoisotopic (exact) mass is 452 g/mol. The first kappa shape index (κ1) is 21.6. The van der Waals surface area contributed by atoms with Gasteiger partial charge in [0.2, 0.25) is 26.6 Å². The molecule has 0 spiro atoms. The zero-order valence-electron chi connectivity index (χ0n) is 17.4. The molecule has 1 heterocycles. The van der Waals surface area contributed by atoms with Gasteiger partial charge in [-0.25, -0.2) is 12.8 Å². The summed E-state index contributed by atoms with van der Waals surface area (Å²) in [6.07, 6.45) is 0. The Labute approximate surface area is 185 Å². The molecule has 6 nitrogen and oxygen atoms in total. The fourth-order valence-electron chi connectivity index (χ4n) is 3.18. The highest BCUT2D eigenvalue weighted by atomic mass is 32.2. The van der Waals surface area contributed by atoms with Crippen LogP contribution in [0, 0.1) is 5.82 Å². The second-order valence-electron chi connectivity index (χ2n) is 7.12. The molecule has 0 bridgehead atoms. The number of hydrogen-bond acceptors (Lipinski definition) is 6. The van der Waals surface area contributed by atoms with Crippen molar-refractivity contribution < 1.29 is 22.0 Å². The zero-order valence-corrected chi connectivity index (χ0v) is 18.3. The van der Waals surface area contributed by atoms with Crippen molar-refractivity contribution in [2.24, 2.45) is 0 Å². The van der Waals surface area contributed by atoms with E-state index in [2.05, 4.69) is 10.3 Å². The lowest BCUT2D eigenvalue weighted by Gasteiger charge is -2.14. The van der Waals surface area contributed by atoms with Gasteiger partial charge in [-0.1, -0.05) is 30.3 Å². The highest BCUT2D eigenvalue weighted by Crippen LogP contribution is 2.34. The summed E-state index contributed by atoms with van der Waals surface area (Å²) in [4.78, 5) is 4.22. The van der Waals surface area contributed by atoms with Gasteiger partial charge in [-0.2, -0.15) is 4.98 Å². The predicted octanol–water partition coefficient (Wildman–Crippen LogP) is 5.50. The highest BCUT2D eigenvalue weighted by Gasteiger charge is 2.29. The molecule has 164 valence electrons. The van der Waals surface area contributed by atoms with E-state index >= 15 is 0 Å². The first-order chi connectivity index (χ1) is 15.4. The molecule has 8 heteroatoms. The summed E-state index contributed by atoms with van der Waals surface area (Å²) in [7, 11) is -2.52. The molecule has 32 heavy (non-hydrogen) atoms. The molecule has 1 aromatic heterocycles. The van der Waals surface area contributed by atoms with Gasteiger partial charge in [-0.05, 0) is 61.0 Å². The number of halogens is 1. The number of rotatable bonds is 7. The Morgan fingerprint density at radius 2 is 1.62 bits per heavy atom. The Morgan fingerprint density at radius 3 is 2.25 bits per heavy atom. The summed E-state index contributed by atoms with van der Waals surface area (Å²) in [5, 5.41) is 2.85. The van der Waals surface area contributed by atoms with E-state index < -0.39 is 15.7 Å². The van der Waals surface area contributed by atoms with Crippen LogP contribution < -0.4 is 10.1 Å². The molecule has 1 atom stereocenters. The number of nitrogens with zero attached hydrogens (tertiary/aromatic N) is 1. The molecule has 1 unspecified atom stereocenters. The average molecular weight is 453 g/mol. The minimum Gasteiger partial charge on any atom is -0.497 e. The third kappa shape index (κ3) is 4.36. The first-order valence-corrected chi connectivity index (χ1v) is 11.3. The maximum atomic E-state index is 13.4. The Balaban J connectivity index is 1.79. The lowest BCUT2D eigenvalue weighted by Crippen LogP contribution is -2.10. The van der Waals surface area contributed by atoms with Crippen LogP contribution in [0.15, 0.2) is 93.2 Å². The molecule has 0 fully saturated rings. The molecule has 0 saturated heterocycles. The number of oxazole rings is 1. The topological polar surface area (TPSA) is 81.4 Å². The van der Waals surface area contributed by atoms with E-state index in [9.17, 15) is 12.8 Å². The molecule has 3 aromatic carbocycles. The second kappa shape index (κ2) is 8.84. The van der Waals surface area contributed by atoms with Gasteiger partial charge in [0, 0.05) is 5.56 Å². The predicted molar refractivity (Wildman–Crippen MR) is 119 cm³/mol. The lowest BCUT2D eigenvalue weighted by molar-refractivity contribution is 0.415. The number of ether oxygens (including phenoxy) is 1. The molecule has 0 amide bonds. The van der Waals surface area contributed by atoms with Crippen molar-refractivity contribution in [3.8, 4) is 17.2 Å². The minimum absolute atomic E-state index is 0.0106. The van der Waals surface area contributed by atoms with Crippen LogP contribution in [-0.2, 0) is 9.84 Å². The molecule has 1 N–H and O–H groups in total. The van der Waals surface area contributed by atoms with Gasteiger partial charge in [0.1, 0.15) is 11.6 Å². The molecule has 0 aliphatic heterocycles. The van der Waals surface area contributed by atoms with Gasteiger partial charge in [-0.3, -0.25) is 0 Å². The van der Waals surface area contributed by atoms with Gasteiger partial charge in [-0.15, -0.1) is 0 Å². The summed E-state index contributed by atoms with van der Waals surface area (Å²) in [5.41, 5.74) is 1.53. The van der Waals surface area contributed by atoms with Crippen molar-refractivity contribution in [2.45, 2.75) is 22.9 Å². The van der Waals surface area contributed by atoms with E-state index in [4.69, 9.17) is 9.15 Å². The summed E-state index contributed by atoms with van der Waals surface area (Å²) in [6.45, 7) is 1.89. The third-order valence-electron chi connectivity index (χ3n) is 4.96. The molecular formula is C24H21FN2O4S. The van der Waals surface area contributed by atoms with Gasteiger partial charge in [0.15, 0.2) is 0 Å². The molecule has 0 radical (unpaired) electrons. The number of methoxy groups -OCH3 is 1. The highest BCUT2D eigenvalue weighted by molar-refractivity contribution is 7.91. The Morgan fingerprint density at radius 1 is 0.969 bits per heavy atom. The van der Waals surface area contributed by atoms with Crippen molar-refractivity contribution in [3.63, 3.8) is 0 Å². The molecular weight excluding hydrogens is 431 g/mol. The molecule has 4 aromatic rings. The molecule has 0 aliphatic carbocycles. The summed E-state index contributed by atoms with van der Waals surface area (Å²) in [6, 6.07) is 20.8. The van der Waals surface area contributed by atoms with E-state index in [1.54, 1.807) is 31.4 Å². The SMILES string of the molecule is COc1ccc(-c2nc(S(=O)(=O)c3ccc(F)cc3)c(NC(C)c3ccccc3)o2)cc1. The van der Waals surface area contributed by atoms with Crippen LogP contribution in [0.3, 0.4) is 0 Å². The number of aromatic nitrogens is 1. The summed E-state index contributed by atoms with van der Waals surface area (Å²) >= 11 is 0. The molecule has 4 rings (SSSR count). The number of hydrogen-bond donors (Lipinski definition) is 1. The van der Waals surface area contributed by atoms with Crippen LogP contribution in [0.2, 0.25) is 0 Å². The van der Waals surface area contributed by atoms with Crippen LogP contribution in [0.1, 0.15) is 18.5 Å². The van der Waals surface area contributed by atoms with Gasteiger partial charge >= 0.3 is 0 Å².